The number of aromatic nitrogens is 2. The minimum Gasteiger partial charge on any atom is -0.340 e. The quantitative estimate of drug-likeness (QED) is 0.686. The predicted molar refractivity (Wildman–Crippen MR) is 119 cm³/mol. The molecule has 2 aromatic carbocycles. The molecular formula is C24H29N5. The SMILES string of the molecule is CN1CCN(CC2CCN(c3nccc(-c4ccc5ccccc5c4)n3)C2)CC1. The number of piperazine rings is 1. The van der Waals surface area contributed by atoms with Gasteiger partial charge in [0.25, 0.3) is 0 Å². The number of nitrogens with zero attached hydrogens (tertiary/aromatic N) is 5. The summed E-state index contributed by atoms with van der Waals surface area (Å²) in [5.74, 6) is 1.59. The van der Waals surface area contributed by atoms with Crippen molar-refractivity contribution in [1.82, 2.24) is 19.8 Å². The second-order valence-electron chi connectivity index (χ2n) is 8.51. The molecule has 0 saturated carbocycles. The minimum atomic E-state index is 0.714. The Kier molecular flexibility index (Phi) is 5.17. The second kappa shape index (κ2) is 8.09. The fourth-order valence-electron chi connectivity index (χ4n) is 4.57. The van der Waals surface area contributed by atoms with Gasteiger partial charge in [-0.3, -0.25) is 0 Å². The van der Waals surface area contributed by atoms with Gasteiger partial charge < -0.3 is 14.7 Å². The van der Waals surface area contributed by atoms with Crippen molar-refractivity contribution < 1.29 is 0 Å². The van der Waals surface area contributed by atoms with E-state index in [2.05, 4.69) is 69.2 Å². The molecule has 150 valence electrons. The zero-order chi connectivity index (χ0) is 19.6. The van der Waals surface area contributed by atoms with E-state index in [-0.39, 0.29) is 0 Å². The molecule has 0 amide bonds. The van der Waals surface area contributed by atoms with Crippen LogP contribution in [0, 0.1) is 5.92 Å². The maximum Gasteiger partial charge on any atom is 0.225 e. The maximum absolute atomic E-state index is 4.92. The van der Waals surface area contributed by atoms with E-state index in [1.165, 1.54) is 49.9 Å². The van der Waals surface area contributed by atoms with Gasteiger partial charge in [-0.25, -0.2) is 9.97 Å². The Hall–Kier alpha value is -2.50. The molecule has 1 atom stereocenters. The van der Waals surface area contributed by atoms with Crippen LogP contribution in [0.5, 0.6) is 0 Å². The van der Waals surface area contributed by atoms with Crippen LogP contribution in [0.4, 0.5) is 5.95 Å². The smallest absolute Gasteiger partial charge is 0.225 e. The van der Waals surface area contributed by atoms with Gasteiger partial charge in [0.2, 0.25) is 5.95 Å². The summed E-state index contributed by atoms with van der Waals surface area (Å²) in [5.41, 5.74) is 2.16. The zero-order valence-electron chi connectivity index (χ0n) is 17.2. The Bertz CT molecular complexity index is 980. The van der Waals surface area contributed by atoms with Gasteiger partial charge in [-0.2, -0.15) is 0 Å². The molecule has 1 unspecified atom stereocenters. The summed E-state index contributed by atoms with van der Waals surface area (Å²) in [6, 6.07) is 17.1. The van der Waals surface area contributed by atoms with Crippen LogP contribution in [0.25, 0.3) is 22.0 Å². The molecule has 0 N–H and O–H groups in total. The van der Waals surface area contributed by atoms with E-state index >= 15 is 0 Å². The normalized spacial score (nSPS) is 21.1. The van der Waals surface area contributed by atoms with Crippen LogP contribution < -0.4 is 4.90 Å². The molecule has 2 saturated heterocycles. The first-order valence-electron chi connectivity index (χ1n) is 10.7. The monoisotopic (exact) mass is 387 g/mol. The number of fused-ring (bicyclic) bond motifs is 1. The summed E-state index contributed by atoms with van der Waals surface area (Å²) >= 11 is 0. The maximum atomic E-state index is 4.92. The van der Waals surface area contributed by atoms with Crippen LogP contribution in [0.3, 0.4) is 0 Å². The Morgan fingerprint density at radius 3 is 2.62 bits per heavy atom. The fourth-order valence-corrected chi connectivity index (χ4v) is 4.57. The molecule has 3 heterocycles. The lowest BCUT2D eigenvalue weighted by Crippen LogP contribution is -2.46. The first-order chi connectivity index (χ1) is 14.2. The van der Waals surface area contributed by atoms with Gasteiger partial charge in [0, 0.05) is 57.6 Å². The fraction of sp³-hybridized carbons (Fsp3) is 0.417. The number of benzene rings is 2. The van der Waals surface area contributed by atoms with E-state index in [4.69, 9.17) is 4.98 Å². The van der Waals surface area contributed by atoms with Gasteiger partial charge in [0.1, 0.15) is 0 Å². The minimum absolute atomic E-state index is 0.714. The lowest BCUT2D eigenvalue weighted by molar-refractivity contribution is 0.139. The largest absolute Gasteiger partial charge is 0.340 e. The third-order valence-corrected chi connectivity index (χ3v) is 6.37. The summed E-state index contributed by atoms with van der Waals surface area (Å²) in [5, 5.41) is 2.51. The molecule has 0 bridgehead atoms. The first-order valence-corrected chi connectivity index (χ1v) is 10.7. The lowest BCUT2D eigenvalue weighted by Gasteiger charge is -2.33. The Morgan fingerprint density at radius 2 is 1.76 bits per heavy atom. The molecule has 0 radical (unpaired) electrons. The topological polar surface area (TPSA) is 35.5 Å². The van der Waals surface area contributed by atoms with Gasteiger partial charge in [0.05, 0.1) is 5.69 Å². The van der Waals surface area contributed by atoms with Crippen molar-refractivity contribution in [2.24, 2.45) is 5.92 Å². The van der Waals surface area contributed by atoms with Crippen molar-refractivity contribution in [3.63, 3.8) is 0 Å². The van der Waals surface area contributed by atoms with Crippen LogP contribution >= 0.6 is 0 Å². The molecule has 2 aliphatic heterocycles. The van der Waals surface area contributed by atoms with Crippen molar-refractivity contribution in [2.45, 2.75) is 6.42 Å². The third-order valence-electron chi connectivity index (χ3n) is 6.37. The number of anilines is 1. The van der Waals surface area contributed by atoms with Gasteiger partial charge in [-0.05, 0) is 42.3 Å². The zero-order valence-corrected chi connectivity index (χ0v) is 17.2. The van der Waals surface area contributed by atoms with Crippen molar-refractivity contribution >= 4 is 16.7 Å². The summed E-state index contributed by atoms with van der Waals surface area (Å²) in [7, 11) is 2.22. The lowest BCUT2D eigenvalue weighted by atomic mass is 10.1. The average molecular weight is 388 g/mol. The standard InChI is InChI=1S/C24H29N5/c1-27-12-14-28(15-13-27)17-19-9-11-29(18-19)24-25-10-8-23(26-24)22-7-6-20-4-2-3-5-21(20)16-22/h2-8,10,16,19H,9,11-15,17-18H2,1H3. The molecule has 3 aromatic rings. The summed E-state index contributed by atoms with van der Waals surface area (Å²) < 4.78 is 0. The molecule has 2 fully saturated rings. The Balaban J connectivity index is 1.28. The van der Waals surface area contributed by atoms with Gasteiger partial charge in [0.15, 0.2) is 0 Å². The number of likely N-dealkylation sites (N-methyl/N-ethyl adjacent to an activating group) is 1. The highest BCUT2D eigenvalue weighted by Crippen LogP contribution is 2.26. The molecule has 2 aliphatic rings. The van der Waals surface area contributed by atoms with Crippen LogP contribution in [0.2, 0.25) is 0 Å². The number of hydrogen-bond acceptors (Lipinski definition) is 5. The highest BCUT2D eigenvalue weighted by Gasteiger charge is 2.27. The summed E-state index contributed by atoms with van der Waals surface area (Å²) in [6.07, 6.45) is 3.14. The summed E-state index contributed by atoms with van der Waals surface area (Å²) in [4.78, 5) is 16.9. The van der Waals surface area contributed by atoms with Crippen LogP contribution in [0.1, 0.15) is 6.42 Å². The molecule has 5 rings (SSSR count). The summed E-state index contributed by atoms with van der Waals surface area (Å²) in [6.45, 7) is 8.09. The van der Waals surface area contributed by atoms with E-state index in [9.17, 15) is 0 Å². The van der Waals surface area contributed by atoms with Crippen LogP contribution in [-0.2, 0) is 0 Å². The van der Waals surface area contributed by atoms with Crippen molar-refractivity contribution in [3.05, 3.63) is 54.7 Å². The van der Waals surface area contributed by atoms with E-state index in [1.54, 1.807) is 0 Å². The molecule has 29 heavy (non-hydrogen) atoms. The van der Waals surface area contributed by atoms with Crippen molar-refractivity contribution in [3.8, 4) is 11.3 Å². The average Bonchev–Trinajstić information content (AvgIpc) is 3.24. The molecule has 0 aliphatic carbocycles. The van der Waals surface area contributed by atoms with Crippen LogP contribution in [-0.4, -0.2) is 72.6 Å². The second-order valence-corrected chi connectivity index (χ2v) is 8.51. The Morgan fingerprint density at radius 1 is 0.931 bits per heavy atom. The number of hydrogen-bond donors (Lipinski definition) is 0. The molecule has 5 nitrogen and oxygen atoms in total. The first kappa shape index (κ1) is 18.5. The van der Waals surface area contributed by atoms with Gasteiger partial charge in [-0.1, -0.05) is 36.4 Å². The highest BCUT2D eigenvalue weighted by atomic mass is 15.3. The van der Waals surface area contributed by atoms with Crippen LogP contribution in [0.15, 0.2) is 54.7 Å². The predicted octanol–water partition coefficient (Wildman–Crippen LogP) is 3.37. The highest BCUT2D eigenvalue weighted by molar-refractivity contribution is 5.86. The molecule has 5 heteroatoms. The molecular weight excluding hydrogens is 358 g/mol. The van der Waals surface area contributed by atoms with Crippen molar-refractivity contribution in [2.75, 3.05) is 57.8 Å². The third kappa shape index (κ3) is 4.11. The van der Waals surface area contributed by atoms with E-state index in [0.29, 0.717) is 5.92 Å². The van der Waals surface area contributed by atoms with E-state index in [0.717, 1.165) is 30.3 Å². The van der Waals surface area contributed by atoms with E-state index < -0.39 is 0 Å². The van der Waals surface area contributed by atoms with Gasteiger partial charge in [-0.15, -0.1) is 0 Å². The molecule has 1 aromatic heterocycles. The Labute approximate surface area is 173 Å². The number of rotatable bonds is 4. The van der Waals surface area contributed by atoms with Crippen molar-refractivity contribution in [1.29, 1.82) is 0 Å². The van der Waals surface area contributed by atoms with E-state index in [1.807, 2.05) is 12.3 Å². The molecule has 0 spiro atoms. The van der Waals surface area contributed by atoms with Gasteiger partial charge >= 0.3 is 0 Å².